The molecule has 0 bridgehead atoms. The van der Waals surface area contributed by atoms with Gasteiger partial charge in [0.2, 0.25) is 0 Å². The van der Waals surface area contributed by atoms with Gasteiger partial charge in [0.15, 0.2) is 11.5 Å². The zero-order valence-electron chi connectivity index (χ0n) is 14.9. The summed E-state index contributed by atoms with van der Waals surface area (Å²) in [6.07, 6.45) is 3.52. The Bertz CT molecular complexity index is 872. The van der Waals surface area contributed by atoms with Crippen molar-refractivity contribution in [2.45, 2.75) is 13.1 Å². The lowest BCUT2D eigenvalue weighted by Crippen LogP contribution is -2.30. The molecular weight excluding hydrogens is 340 g/mol. The maximum absolute atomic E-state index is 13.2. The van der Waals surface area contributed by atoms with Crippen LogP contribution in [-0.4, -0.2) is 29.0 Å². The van der Waals surface area contributed by atoms with Crippen LogP contribution in [0.15, 0.2) is 73.1 Å². The first-order chi connectivity index (χ1) is 13.3. The first-order valence-corrected chi connectivity index (χ1v) is 8.91. The van der Waals surface area contributed by atoms with Gasteiger partial charge in [-0.2, -0.15) is 0 Å². The van der Waals surface area contributed by atoms with E-state index in [1.165, 1.54) is 0 Å². The van der Waals surface area contributed by atoms with Crippen molar-refractivity contribution in [3.8, 4) is 11.5 Å². The van der Waals surface area contributed by atoms with Crippen LogP contribution in [-0.2, 0) is 13.1 Å². The topological polar surface area (TPSA) is 51.7 Å². The van der Waals surface area contributed by atoms with E-state index in [0.717, 1.165) is 11.1 Å². The second kappa shape index (κ2) is 7.91. The Morgan fingerprint density at radius 2 is 1.63 bits per heavy atom. The second-order valence-corrected chi connectivity index (χ2v) is 6.37. The molecule has 1 amide bonds. The van der Waals surface area contributed by atoms with Crippen molar-refractivity contribution in [1.29, 1.82) is 0 Å². The number of benzene rings is 2. The number of nitrogens with zero attached hydrogens (tertiary/aromatic N) is 2. The maximum Gasteiger partial charge on any atom is 0.254 e. The SMILES string of the molecule is O=C(c1ccc2c(c1)OCCO2)N(Cc1ccccc1)Cc1cccnc1. The summed E-state index contributed by atoms with van der Waals surface area (Å²) in [7, 11) is 0. The van der Waals surface area contributed by atoms with Gasteiger partial charge in [0, 0.05) is 31.0 Å². The molecule has 0 atom stereocenters. The third-order valence-corrected chi connectivity index (χ3v) is 4.39. The fraction of sp³-hybridized carbons (Fsp3) is 0.182. The highest BCUT2D eigenvalue weighted by molar-refractivity contribution is 5.95. The largest absolute Gasteiger partial charge is 0.486 e. The van der Waals surface area contributed by atoms with Crippen LogP contribution in [0.4, 0.5) is 0 Å². The molecule has 4 rings (SSSR count). The fourth-order valence-electron chi connectivity index (χ4n) is 3.07. The molecule has 5 heteroatoms. The lowest BCUT2D eigenvalue weighted by Gasteiger charge is -2.24. The van der Waals surface area contributed by atoms with E-state index in [9.17, 15) is 4.79 Å². The predicted molar refractivity (Wildman–Crippen MR) is 102 cm³/mol. The minimum Gasteiger partial charge on any atom is -0.486 e. The second-order valence-electron chi connectivity index (χ2n) is 6.37. The van der Waals surface area contributed by atoms with Gasteiger partial charge in [-0.05, 0) is 35.4 Å². The Labute approximate surface area is 158 Å². The summed E-state index contributed by atoms with van der Waals surface area (Å²) in [4.78, 5) is 19.2. The van der Waals surface area contributed by atoms with E-state index in [1.54, 1.807) is 30.6 Å². The average molecular weight is 360 g/mol. The summed E-state index contributed by atoms with van der Waals surface area (Å²) in [6.45, 7) is 2.02. The fourth-order valence-corrected chi connectivity index (χ4v) is 3.07. The summed E-state index contributed by atoms with van der Waals surface area (Å²) in [5, 5.41) is 0. The molecule has 0 N–H and O–H groups in total. The monoisotopic (exact) mass is 360 g/mol. The normalized spacial score (nSPS) is 12.4. The molecule has 0 fully saturated rings. The van der Waals surface area contributed by atoms with Gasteiger partial charge in [0.05, 0.1) is 0 Å². The Hall–Kier alpha value is -3.34. The Kier molecular flexibility index (Phi) is 5.01. The molecule has 0 aliphatic carbocycles. The van der Waals surface area contributed by atoms with Gasteiger partial charge in [0.1, 0.15) is 13.2 Å². The summed E-state index contributed by atoms with van der Waals surface area (Å²) >= 11 is 0. The first-order valence-electron chi connectivity index (χ1n) is 8.91. The van der Waals surface area contributed by atoms with Gasteiger partial charge >= 0.3 is 0 Å². The highest BCUT2D eigenvalue weighted by Gasteiger charge is 2.20. The van der Waals surface area contributed by atoms with Crippen molar-refractivity contribution in [2.24, 2.45) is 0 Å². The number of aromatic nitrogens is 1. The summed E-state index contributed by atoms with van der Waals surface area (Å²) in [5.74, 6) is 1.24. The molecule has 0 saturated heterocycles. The number of pyridine rings is 1. The van der Waals surface area contributed by atoms with Gasteiger partial charge in [-0.25, -0.2) is 0 Å². The molecular formula is C22H20N2O3. The van der Waals surface area contributed by atoms with Gasteiger partial charge in [0.25, 0.3) is 5.91 Å². The van der Waals surface area contributed by atoms with Crippen LogP contribution in [0, 0.1) is 0 Å². The molecule has 2 heterocycles. The van der Waals surface area contributed by atoms with Crippen molar-refractivity contribution >= 4 is 5.91 Å². The molecule has 0 radical (unpaired) electrons. The number of hydrogen-bond donors (Lipinski definition) is 0. The van der Waals surface area contributed by atoms with Crippen molar-refractivity contribution < 1.29 is 14.3 Å². The zero-order chi connectivity index (χ0) is 18.5. The third-order valence-electron chi connectivity index (χ3n) is 4.39. The number of hydrogen-bond acceptors (Lipinski definition) is 4. The summed E-state index contributed by atoms with van der Waals surface area (Å²) < 4.78 is 11.2. The Morgan fingerprint density at radius 1 is 0.889 bits per heavy atom. The number of carbonyl (C=O) groups is 1. The molecule has 0 unspecified atom stereocenters. The predicted octanol–water partition coefficient (Wildman–Crippen LogP) is 3.70. The van der Waals surface area contributed by atoms with E-state index < -0.39 is 0 Å². The molecule has 2 aromatic carbocycles. The minimum atomic E-state index is -0.0559. The van der Waals surface area contributed by atoms with Crippen LogP contribution >= 0.6 is 0 Å². The van der Waals surface area contributed by atoms with Crippen molar-refractivity contribution in [3.05, 3.63) is 89.7 Å². The number of fused-ring (bicyclic) bond motifs is 1. The molecule has 27 heavy (non-hydrogen) atoms. The van der Waals surface area contributed by atoms with Gasteiger partial charge in [-0.3, -0.25) is 9.78 Å². The molecule has 3 aromatic rings. The first kappa shape index (κ1) is 17.1. The lowest BCUT2D eigenvalue weighted by molar-refractivity contribution is 0.0728. The highest BCUT2D eigenvalue weighted by atomic mass is 16.6. The maximum atomic E-state index is 13.2. The van der Waals surface area contributed by atoms with Gasteiger partial charge in [-0.1, -0.05) is 36.4 Å². The molecule has 1 aliphatic heterocycles. The van der Waals surface area contributed by atoms with E-state index in [4.69, 9.17) is 9.47 Å². The van der Waals surface area contributed by atoms with E-state index in [1.807, 2.05) is 47.4 Å². The quantitative estimate of drug-likeness (QED) is 0.696. The number of carbonyl (C=O) groups excluding carboxylic acids is 1. The smallest absolute Gasteiger partial charge is 0.254 e. The number of ether oxygens (including phenoxy) is 2. The summed E-state index contributed by atoms with van der Waals surface area (Å²) in [5.41, 5.74) is 2.64. The minimum absolute atomic E-state index is 0.0559. The van der Waals surface area contributed by atoms with Crippen LogP contribution in [0.1, 0.15) is 21.5 Å². The molecule has 1 aliphatic rings. The number of rotatable bonds is 5. The van der Waals surface area contributed by atoms with Crippen molar-refractivity contribution in [1.82, 2.24) is 9.88 Å². The zero-order valence-corrected chi connectivity index (χ0v) is 14.9. The van der Waals surface area contributed by atoms with E-state index >= 15 is 0 Å². The van der Waals surface area contributed by atoms with Crippen LogP contribution in [0.3, 0.4) is 0 Å². The highest BCUT2D eigenvalue weighted by Crippen LogP contribution is 2.31. The van der Waals surface area contributed by atoms with Crippen LogP contribution in [0.5, 0.6) is 11.5 Å². The standard InChI is InChI=1S/C22H20N2O3/c25-22(19-8-9-20-21(13-19)27-12-11-26-20)24(15-17-5-2-1-3-6-17)16-18-7-4-10-23-14-18/h1-10,13-14H,11-12,15-16H2. The molecule has 136 valence electrons. The molecule has 0 spiro atoms. The molecule has 1 aromatic heterocycles. The Morgan fingerprint density at radius 3 is 2.41 bits per heavy atom. The van der Waals surface area contributed by atoms with Crippen molar-refractivity contribution in [2.75, 3.05) is 13.2 Å². The van der Waals surface area contributed by atoms with Crippen LogP contribution in [0.25, 0.3) is 0 Å². The van der Waals surface area contributed by atoms with Gasteiger partial charge < -0.3 is 14.4 Å². The van der Waals surface area contributed by atoms with Crippen LogP contribution in [0.2, 0.25) is 0 Å². The summed E-state index contributed by atoms with van der Waals surface area (Å²) in [6, 6.07) is 19.2. The van der Waals surface area contributed by atoms with E-state index in [2.05, 4.69) is 4.98 Å². The van der Waals surface area contributed by atoms with E-state index in [-0.39, 0.29) is 5.91 Å². The molecule has 0 saturated carbocycles. The number of amides is 1. The van der Waals surface area contributed by atoms with Gasteiger partial charge in [-0.15, -0.1) is 0 Å². The van der Waals surface area contributed by atoms with Crippen molar-refractivity contribution in [3.63, 3.8) is 0 Å². The molecule has 5 nitrogen and oxygen atoms in total. The Balaban J connectivity index is 1.61. The van der Waals surface area contributed by atoms with Crippen LogP contribution < -0.4 is 9.47 Å². The average Bonchev–Trinajstić information content (AvgIpc) is 2.74. The van der Waals surface area contributed by atoms with E-state index in [0.29, 0.717) is 43.4 Å². The third kappa shape index (κ3) is 4.08. The lowest BCUT2D eigenvalue weighted by atomic mass is 10.1.